The Labute approximate surface area is 85.1 Å². The molecule has 0 aromatic heterocycles. The van der Waals surface area contributed by atoms with Gasteiger partial charge in [-0.3, -0.25) is 0 Å². The van der Waals surface area contributed by atoms with Crippen molar-refractivity contribution in [3.8, 4) is 0 Å². The zero-order valence-electron chi connectivity index (χ0n) is 8.32. The van der Waals surface area contributed by atoms with Crippen LogP contribution in [0.1, 0.15) is 30.1 Å². The summed E-state index contributed by atoms with van der Waals surface area (Å²) < 4.78 is 0. The molecule has 1 aliphatic carbocycles. The lowest BCUT2D eigenvalue weighted by atomic mass is 9.80. The van der Waals surface area contributed by atoms with E-state index in [0.29, 0.717) is 5.92 Å². The van der Waals surface area contributed by atoms with Gasteiger partial charge in [0.05, 0.1) is 6.10 Å². The van der Waals surface area contributed by atoms with E-state index < -0.39 is 0 Å². The van der Waals surface area contributed by atoms with E-state index in [0.717, 1.165) is 24.8 Å². The van der Waals surface area contributed by atoms with Crippen LogP contribution < -0.4 is 0 Å². The molecule has 0 saturated carbocycles. The number of rotatable bonds is 2. The number of fused-ring (bicyclic) bond motifs is 1. The normalized spacial score (nSPS) is 25.5. The lowest BCUT2D eigenvalue weighted by Gasteiger charge is -2.29. The van der Waals surface area contributed by atoms with Crippen molar-refractivity contribution in [2.75, 3.05) is 0 Å². The van der Waals surface area contributed by atoms with E-state index in [1.54, 1.807) is 0 Å². The van der Waals surface area contributed by atoms with Gasteiger partial charge in [0.25, 0.3) is 0 Å². The number of allylic oxidation sites excluding steroid dienone is 1. The molecule has 0 fully saturated rings. The van der Waals surface area contributed by atoms with E-state index in [9.17, 15) is 5.11 Å². The van der Waals surface area contributed by atoms with Gasteiger partial charge in [0.2, 0.25) is 0 Å². The third-order valence-corrected chi connectivity index (χ3v) is 3.07. The monoisotopic (exact) mass is 188 g/mol. The topological polar surface area (TPSA) is 20.2 Å². The summed E-state index contributed by atoms with van der Waals surface area (Å²) >= 11 is 0. The van der Waals surface area contributed by atoms with Gasteiger partial charge in [0.15, 0.2) is 0 Å². The van der Waals surface area contributed by atoms with E-state index in [-0.39, 0.29) is 6.10 Å². The SMILES string of the molecule is C=CC[C@H]1CCc2ccccc2[C@H]1O. The van der Waals surface area contributed by atoms with Crippen LogP contribution in [0.2, 0.25) is 0 Å². The van der Waals surface area contributed by atoms with Gasteiger partial charge in [-0.25, -0.2) is 0 Å². The molecule has 74 valence electrons. The first-order valence-corrected chi connectivity index (χ1v) is 5.19. The molecule has 1 aromatic carbocycles. The first-order chi connectivity index (χ1) is 6.83. The Morgan fingerprint density at radius 3 is 3.00 bits per heavy atom. The summed E-state index contributed by atoms with van der Waals surface area (Å²) in [5.74, 6) is 0.363. The second-order valence-electron chi connectivity index (χ2n) is 3.97. The van der Waals surface area contributed by atoms with Crippen LogP contribution in [-0.2, 0) is 6.42 Å². The third-order valence-electron chi connectivity index (χ3n) is 3.07. The van der Waals surface area contributed by atoms with E-state index in [1.807, 2.05) is 24.3 Å². The standard InChI is InChI=1S/C13H16O/c1-2-5-11-9-8-10-6-3-4-7-12(10)13(11)14/h2-4,6-7,11,13-14H,1,5,8-9H2/t11-,13-/m0/s1. The molecular formula is C13H16O. The Hall–Kier alpha value is -1.08. The lowest BCUT2D eigenvalue weighted by Crippen LogP contribution is -2.19. The molecule has 0 spiro atoms. The molecule has 2 atom stereocenters. The summed E-state index contributed by atoms with van der Waals surface area (Å²) in [7, 11) is 0. The largest absolute Gasteiger partial charge is 0.388 e. The Kier molecular flexibility index (Phi) is 2.69. The minimum absolute atomic E-state index is 0.294. The number of aliphatic hydroxyl groups excluding tert-OH is 1. The van der Waals surface area contributed by atoms with Crippen molar-refractivity contribution in [2.45, 2.75) is 25.4 Å². The van der Waals surface area contributed by atoms with Gasteiger partial charge < -0.3 is 5.11 Å². The van der Waals surface area contributed by atoms with Gasteiger partial charge in [-0.05, 0) is 36.3 Å². The summed E-state index contributed by atoms with van der Waals surface area (Å²) in [5.41, 5.74) is 2.42. The zero-order chi connectivity index (χ0) is 9.97. The van der Waals surface area contributed by atoms with Crippen molar-refractivity contribution >= 4 is 0 Å². The molecule has 1 aromatic rings. The maximum absolute atomic E-state index is 10.1. The number of benzene rings is 1. The first kappa shape index (κ1) is 9.47. The molecule has 1 heteroatoms. The Balaban J connectivity index is 2.26. The van der Waals surface area contributed by atoms with E-state index >= 15 is 0 Å². The van der Waals surface area contributed by atoms with E-state index in [2.05, 4.69) is 12.6 Å². The van der Waals surface area contributed by atoms with Gasteiger partial charge >= 0.3 is 0 Å². The van der Waals surface area contributed by atoms with Crippen molar-refractivity contribution < 1.29 is 5.11 Å². The first-order valence-electron chi connectivity index (χ1n) is 5.19. The molecule has 1 nitrogen and oxygen atoms in total. The predicted molar refractivity (Wildman–Crippen MR) is 58.0 cm³/mol. The fourth-order valence-electron chi connectivity index (χ4n) is 2.26. The number of hydrogen-bond acceptors (Lipinski definition) is 1. The van der Waals surface area contributed by atoms with Gasteiger partial charge in [-0.2, -0.15) is 0 Å². The predicted octanol–water partition coefficient (Wildman–Crippen LogP) is 2.86. The second-order valence-corrected chi connectivity index (χ2v) is 3.97. The van der Waals surface area contributed by atoms with Crippen molar-refractivity contribution in [1.82, 2.24) is 0 Å². The van der Waals surface area contributed by atoms with Gasteiger partial charge in [0.1, 0.15) is 0 Å². The van der Waals surface area contributed by atoms with Crippen LogP contribution in [0.25, 0.3) is 0 Å². The van der Waals surface area contributed by atoms with Crippen LogP contribution in [0.4, 0.5) is 0 Å². The lowest BCUT2D eigenvalue weighted by molar-refractivity contribution is 0.0952. The minimum Gasteiger partial charge on any atom is -0.388 e. The molecule has 0 aliphatic heterocycles. The zero-order valence-corrected chi connectivity index (χ0v) is 8.32. The molecule has 2 rings (SSSR count). The molecule has 1 N–H and O–H groups in total. The fraction of sp³-hybridized carbons (Fsp3) is 0.385. The Bertz CT molecular complexity index is 330. The van der Waals surface area contributed by atoms with Crippen LogP contribution >= 0.6 is 0 Å². The third kappa shape index (κ3) is 1.60. The second kappa shape index (κ2) is 3.97. The van der Waals surface area contributed by atoms with Crippen molar-refractivity contribution in [3.63, 3.8) is 0 Å². The van der Waals surface area contributed by atoms with Crippen LogP contribution in [-0.4, -0.2) is 5.11 Å². The number of aliphatic hydroxyl groups is 1. The van der Waals surface area contributed by atoms with Crippen LogP contribution in [0.3, 0.4) is 0 Å². The average Bonchev–Trinajstić information content (AvgIpc) is 2.23. The van der Waals surface area contributed by atoms with Gasteiger partial charge in [-0.15, -0.1) is 6.58 Å². The minimum atomic E-state index is -0.294. The molecule has 14 heavy (non-hydrogen) atoms. The number of hydrogen-bond donors (Lipinski definition) is 1. The molecular weight excluding hydrogens is 172 g/mol. The van der Waals surface area contributed by atoms with E-state index in [1.165, 1.54) is 5.56 Å². The highest BCUT2D eigenvalue weighted by Crippen LogP contribution is 2.35. The molecule has 0 radical (unpaired) electrons. The smallest absolute Gasteiger partial charge is 0.0823 e. The summed E-state index contributed by atoms with van der Waals surface area (Å²) in [6, 6.07) is 8.19. The van der Waals surface area contributed by atoms with Gasteiger partial charge in [-0.1, -0.05) is 30.3 Å². The molecule has 0 unspecified atom stereocenters. The molecule has 1 aliphatic rings. The summed E-state index contributed by atoms with van der Waals surface area (Å²) in [6.45, 7) is 3.73. The molecule has 0 amide bonds. The highest BCUT2D eigenvalue weighted by Gasteiger charge is 2.26. The van der Waals surface area contributed by atoms with Gasteiger partial charge in [0, 0.05) is 0 Å². The van der Waals surface area contributed by atoms with Crippen LogP contribution in [0, 0.1) is 5.92 Å². The fourth-order valence-corrected chi connectivity index (χ4v) is 2.26. The van der Waals surface area contributed by atoms with E-state index in [4.69, 9.17) is 0 Å². The highest BCUT2D eigenvalue weighted by molar-refractivity contribution is 5.31. The summed E-state index contributed by atoms with van der Waals surface area (Å²) in [6.07, 6.45) is 4.69. The van der Waals surface area contributed by atoms with Crippen LogP contribution in [0.15, 0.2) is 36.9 Å². The molecule has 0 heterocycles. The van der Waals surface area contributed by atoms with Crippen molar-refractivity contribution in [2.24, 2.45) is 5.92 Å². The average molecular weight is 188 g/mol. The summed E-state index contributed by atoms with van der Waals surface area (Å²) in [5, 5.41) is 10.1. The highest BCUT2D eigenvalue weighted by atomic mass is 16.3. The van der Waals surface area contributed by atoms with Crippen LogP contribution in [0.5, 0.6) is 0 Å². The Morgan fingerprint density at radius 1 is 1.43 bits per heavy atom. The number of aryl methyl sites for hydroxylation is 1. The Morgan fingerprint density at radius 2 is 2.21 bits per heavy atom. The molecule has 0 saturated heterocycles. The van der Waals surface area contributed by atoms with Crippen molar-refractivity contribution in [3.05, 3.63) is 48.0 Å². The maximum atomic E-state index is 10.1. The quantitative estimate of drug-likeness (QED) is 0.707. The molecule has 0 bridgehead atoms. The summed E-state index contributed by atoms with van der Waals surface area (Å²) in [4.78, 5) is 0. The maximum Gasteiger partial charge on any atom is 0.0823 e. The van der Waals surface area contributed by atoms with Crippen molar-refractivity contribution in [1.29, 1.82) is 0 Å².